The summed E-state index contributed by atoms with van der Waals surface area (Å²) in [5.41, 5.74) is 16.9. The molecule has 0 bridgehead atoms. The topological polar surface area (TPSA) is 77.8 Å². The van der Waals surface area contributed by atoms with Gasteiger partial charge in [0.05, 0.1) is 10.9 Å². The van der Waals surface area contributed by atoms with E-state index in [2.05, 4.69) is 41.0 Å². The number of aryl methyl sites for hydroxylation is 1. The molecule has 0 atom stereocenters. The summed E-state index contributed by atoms with van der Waals surface area (Å²) in [6.07, 6.45) is 5.33. The second-order valence-corrected chi connectivity index (χ2v) is 4.84. The van der Waals surface area contributed by atoms with Crippen molar-refractivity contribution >= 4 is 22.7 Å². The van der Waals surface area contributed by atoms with Crippen LogP contribution in [0.1, 0.15) is 11.1 Å². The first-order valence-corrected chi connectivity index (χ1v) is 6.49. The lowest BCUT2D eigenvalue weighted by atomic mass is 10.1. The molecule has 0 fully saturated rings. The Kier molecular flexibility index (Phi) is 2.96. The lowest BCUT2D eigenvalue weighted by molar-refractivity contribution is 1.24. The van der Waals surface area contributed by atoms with Crippen LogP contribution in [-0.4, -0.2) is 9.97 Å². The van der Waals surface area contributed by atoms with Crippen molar-refractivity contribution in [3.63, 3.8) is 0 Å². The largest absolute Gasteiger partial charge is 0.383 e. The number of hydrogen-bond donors (Lipinski definition) is 2. The van der Waals surface area contributed by atoms with E-state index in [1.165, 1.54) is 16.7 Å². The van der Waals surface area contributed by atoms with Crippen molar-refractivity contribution in [1.29, 1.82) is 0 Å². The number of hydrogen-bond acceptors (Lipinski definition) is 4. The summed E-state index contributed by atoms with van der Waals surface area (Å²) in [5.74, 6) is 3.01. The second kappa shape index (κ2) is 4.80. The highest BCUT2D eigenvalue weighted by atomic mass is 15.0. The van der Waals surface area contributed by atoms with Gasteiger partial charge in [-0.05, 0) is 41.8 Å². The zero-order valence-corrected chi connectivity index (χ0v) is 11.6. The van der Waals surface area contributed by atoms with Crippen LogP contribution in [0.3, 0.4) is 0 Å². The Morgan fingerprint density at radius 2 is 1.90 bits per heavy atom. The highest BCUT2D eigenvalue weighted by Gasteiger charge is 2.12. The molecule has 0 amide bonds. The second-order valence-electron chi connectivity index (χ2n) is 4.84. The molecule has 1 heterocycles. The minimum Gasteiger partial charge on any atom is -0.383 e. The van der Waals surface area contributed by atoms with E-state index in [-0.39, 0.29) is 5.95 Å². The molecule has 0 radical (unpaired) electrons. The van der Waals surface area contributed by atoms with Crippen molar-refractivity contribution in [3.8, 4) is 23.5 Å². The molecule has 0 saturated heterocycles. The molecule has 2 aliphatic carbocycles. The average Bonchev–Trinajstić information content (AvgIpc) is 3.16. The summed E-state index contributed by atoms with van der Waals surface area (Å²) < 4.78 is 0. The third kappa shape index (κ3) is 2.37. The van der Waals surface area contributed by atoms with E-state index in [9.17, 15) is 0 Å². The number of anilines is 2. The number of benzene rings is 2. The molecular weight excluding hydrogens is 260 g/mol. The van der Waals surface area contributed by atoms with Gasteiger partial charge in [-0.1, -0.05) is 24.1 Å². The fourth-order valence-electron chi connectivity index (χ4n) is 2.25. The van der Waals surface area contributed by atoms with Crippen molar-refractivity contribution in [2.75, 3.05) is 11.5 Å². The summed E-state index contributed by atoms with van der Waals surface area (Å²) in [4.78, 5) is 7.90. The zero-order chi connectivity index (χ0) is 15.0. The van der Waals surface area contributed by atoms with Gasteiger partial charge in [-0.3, -0.25) is 0 Å². The summed E-state index contributed by atoms with van der Waals surface area (Å²) in [6, 6.07) is 11.9. The first-order valence-electron chi connectivity index (χ1n) is 6.49. The molecule has 2 aromatic rings. The first-order chi connectivity index (χ1) is 10.1. The smallest absolute Gasteiger partial charge is 0.222 e. The van der Waals surface area contributed by atoms with Gasteiger partial charge in [0.25, 0.3) is 0 Å². The first kappa shape index (κ1) is 12.9. The highest BCUT2D eigenvalue weighted by molar-refractivity contribution is 5.93. The molecular formula is C17H14N4. The molecule has 4 rings (SSSR count). The van der Waals surface area contributed by atoms with Gasteiger partial charge in [0.1, 0.15) is 5.82 Å². The molecule has 0 spiro atoms. The lowest BCUT2D eigenvalue weighted by Crippen LogP contribution is -2.01. The van der Waals surface area contributed by atoms with Crippen LogP contribution in [0.5, 0.6) is 0 Å². The molecule has 0 saturated carbocycles. The molecule has 2 aliphatic rings. The number of aromatic nitrogens is 2. The van der Waals surface area contributed by atoms with Gasteiger partial charge in [-0.2, -0.15) is 4.98 Å². The van der Waals surface area contributed by atoms with E-state index < -0.39 is 0 Å². The Labute approximate surface area is 122 Å². The molecule has 0 aliphatic heterocycles. The molecule has 4 N–H and O–H groups in total. The predicted octanol–water partition coefficient (Wildman–Crippen LogP) is 2.75. The van der Waals surface area contributed by atoms with Crippen molar-refractivity contribution in [1.82, 2.24) is 9.97 Å². The quantitative estimate of drug-likeness (QED) is 0.483. The van der Waals surface area contributed by atoms with Crippen LogP contribution in [0.2, 0.25) is 0 Å². The van der Waals surface area contributed by atoms with E-state index >= 15 is 0 Å². The Morgan fingerprint density at radius 1 is 1.10 bits per heavy atom. The molecule has 21 heavy (non-hydrogen) atoms. The monoisotopic (exact) mass is 274 g/mol. The normalized spacial score (nSPS) is 10.5. The van der Waals surface area contributed by atoms with Crippen molar-refractivity contribution in [2.45, 2.75) is 6.92 Å². The summed E-state index contributed by atoms with van der Waals surface area (Å²) in [7, 11) is 0. The Bertz CT molecular complexity index is 891. The lowest BCUT2D eigenvalue weighted by Gasteiger charge is -2.03. The van der Waals surface area contributed by atoms with Gasteiger partial charge in [-0.25, -0.2) is 4.98 Å². The number of nitrogens with two attached hydrogens (primary N) is 2. The summed E-state index contributed by atoms with van der Waals surface area (Å²) in [5, 5.41) is 0.684. The number of nitrogens with zero attached hydrogens (tertiary/aromatic N) is 2. The van der Waals surface area contributed by atoms with E-state index in [0.29, 0.717) is 22.3 Å². The Morgan fingerprint density at radius 3 is 2.43 bits per heavy atom. The molecule has 1 aromatic carbocycles. The van der Waals surface area contributed by atoms with Crippen LogP contribution in [0.4, 0.5) is 11.8 Å². The molecule has 4 heteroatoms. The number of rotatable bonds is 0. The van der Waals surface area contributed by atoms with Crippen LogP contribution in [0.25, 0.3) is 22.0 Å². The van der Waals surface area contributed by atoms with Gasteiger partial charge in [0, 0.05) is 5.56 Å². The minimum atomic E-state index is 0.157. The van der Waals surface area contributed by atoms with E-state index in [0.717, 1.165) is 0 Å². The number of nitrogen functional groups attached to an aromatic ring is 2. The maximum Gasteiger partial charge on any atom is 0.222 e. The third-order valence-corrected chi connectivity index (χ3v) is 3.39. The molecule has 0 unspecified atom stereocenters. The summed E-state index contributed by atoms with van der Waals surface area (Å²) in [6.45, 7) is 2.14. The van der Waals surface area contributed by atoms with Gasteiger partial charge < -0.3 is 11.5 Å². The van der Waals surface area contributed by atoms with Crippen LogP contribution in [0.15, 0.2) is 36.4 Å². The third-order valence-electron chi connectivity index (χ3n) is 3.39. The fourth-order valence-corrected chi connectivity index (χ4v) is 2.25. The van der Waals surface area contributed by atoms with Gasteiger partial charge in [0.2, 0.25) is 5.95 Å². The SMILES string of the molecule is C#Cc1cccc2nc(N)nc(N)c12.Cc1ccc2cc1-2. The minimum absolute atomic E-state index is 0.157. The van der Waals surface area contributed by atoms with Gasteiger partial charge in [0.15, 0.2) is 0 Å². The van der Waals surface area contributed by atoms with E-state index in [4.69, 9.17) is 17.9 Å². The maximum atomic E-state index is 5.71. The standard InChI is InChI=1S/C10H8N4.C7H6/c1-2-6-4-3-5-7-8(6)9(11)14-10(12)13-7;1-5-2-3-6-4-7(5)6/h1,3-5H,(H4,11,12,13,14);2-4H,1H3. The fraction of sp³-hybridized carbons (Fsp3) is 0.0588. The van der Waals surface area contributed by atoms with Gasteiger partial charge in [-0.15, -0.1) is 6.42 Å². The van der Waals surface area contributed by atoms with Crippen molar-refractivity contribution in [3.05, 3.63) is 47.5 Å². The highest BCUT2D eigenvalue weighted by Crippen LogP contribution is 2.37. The van der Waals surface area contributed by atoms with Crippen LogP contribution in [-0.2, 0) is 0 Å². The number of terminal acetylenes is 1. The van der Waals surface area contributed by atoms with E-state index in [1.54, 1.807) is 12.1 Å². The summed E-state index contributed by atoms with van der Waals surface area (Å²) >= 11 is 0. The van der Waals surface area contributed by atoms with Crippen LogP contribution >= 0.6 is 0 Å². The Balaban J connectivity index is 0.000000156. The molecule has 1 aromatic heterocycles. The maximum absolute atomic E-state index is 5.71. The molecule has 4 nitrogen and oxygen atoms in total. The van der Waals surface area contributed by atoms with Crippen molar-refractivity contribution < 1.29 is 0 Å². The van der Waals surface area contributed by atoms with Crippen molar-refractivity contribution in [2.24, 2.45) is 0 Å². The molecule has 102 valence electrons. The van der Waals surface area contributed by atoms with Crippen LogP contribution < -0.4 is 11.5 Å². The zero-order valence-electron chi connectivity index (χ0n) is 11.6. The van der Waals surface area contributed by atoms with E-state index in [1.807, 2.05) is 6.07 Å². The average molecular weight is 274 g/mol. The Hall–Kier alpha value is -3.06. The van der Waals surface area contributed by atoms with Gasteiger partial charge >= 0.3 is 0 Å². The number of fused-ring (bicyclic) bond motifs is 2. The van der Waals surface area contributed by atoms with Crippen LogP contribution in [0, 0.1) is 19.3 Å². The predicted molar refractivity (Wildman–Crippen MR) is 86.5 cm³/mol.